The van der Waals surface area contributed by atoms with Crippen molar-refractivity contribution >= 4 is 0 Å². The minimum Gasteiger partial charge on any atom is -0.493 e. The zero-order valence-electron chi connectivity index (χ0n) is 10.3. The van der Waals surface area contributed by atoms with E-state index >= 15 is 0 Å². The molecule has 2 heteroatoms. The molecule has 0 saturated carbocycles. The highest BCUT2D eigenvalue weighted by Gasteiger charge is 2.26. The number of ether oxygens (including phenoxy) is 1. The van der Waals surface area contributed by atoms with Crippen molar-refractivity contribution in [1.29, 1.82) is 0 Å². The van der Waals surface area contributed by atoms with Gasteiger partial charge in [0.05, 0.1) is 6.61 Å². The van der Waals surface area contributed by atoms with Gasteiger partial charge in [0.15, 0.2) is 0 Å². The van der Waals surface area contributed by atoms with Crippen molar-refractivity contribution in [2.24, 2.45) is 5.73 Å². The van der Waals surface area contributed by atoms with Crippen molar-refractivity contribution in [3.8, 4) is 5.75 Å². The lowest BCUT2D eigenvalue weighted by atomic mass is 9.79. The first kappa shape index (κ1) is 11.5. The van der Waals surface area contributed by atoms with E-state index in [1.807, 2.05) is 0 Å². The van der Waals surface area contributed by atoms with Crippen molar-refractivity contribution < 1.29 is 4.74 Å². The molecule has 0 saturated heterocycles. The van der Waals surface area contributed by atoms with Crippen molar-refractivity contribution in [2.75, 3.05) is 13.2 Å². The van der Waals surface area contributed by atoms with Gasteiger partial charge in [-0.2, -0.15) is 0 Å². The molecule has 0 fully saturated rings. The van der Waals surface area contributed by atoms with E-state index in [0.29, 0.717) is 0 Å². The molecule has 1 heterocycles. The van der Waals surface area contributed by atoms with Crippen LogP contribution in [0.2, 0.25) is 0 Å². The van der Waals surface area contributed by atoms with E-state index in [4.69, 9.17) is 10.5 Å². The first-order valence-corrected chi connectivity index (χ1v) is 6.10. The highest BCUT2D eigenvalue weighted by Crippen LogP contribution is 2.38. The fraction of sp³-hybridized carbons (Fsp3) is 0.571. The zero-order chi connectivity index (χ0) is 11.6. The van der Waals surface area contributed by atoms with Gasteiger partial charge in [-0.1, -0.05) is 32.0 Å². The molecule has 2 nitrogen and oxygen atoms in total. The van der Waals surface area contributed by atoms with Crippen LogP contribution in [0.3, 0.4) is 0 Å². The molecule has 1 aliphatic heterocycles. The molecule has 0 radical (unpaired) electrons. The number of hydrogen-bond donors (Lipinski definition) is 1. The van der Waals surface area contributed by atoms with Crippen LogP contribution in [0.1, 0.15) is 37.8 Å². The molecule has 1 aromatic carbocycles. The molecule has 88 valence electrons. The molecule has 0 unspecified atom stereocenters. The lowest BCUT2D eigenvalue weighted by Crippen LogP contribution is -2.24. The number of fused-ring (bicyclic) bond motifs is 1. The normalized spacial score (nSPS) is 15.4. The third-order valence-corrected chi connectivity index (χ3v) is 3.43. The Morgan fingerprint density at radius 2 is 2.19 bits per heavy atom. The second-order valence-electron chi connectivity index (χ2n) is 5.17. The maximum absolute atomic E-state index is 5.85. The standard InChI is InChI=1S/C14H21NO/c1-14(2,8-9-15)12-7-3-5-11-6-4-10-16-13(11)12/h3,5,7H,4,6,8-10,15H2,1-2H3. The topological polar surface area (TPSA) is 35.2 Å². The van der Waals surface area contributed by atoms with Crippen LogP contribution < -0.4 is 10.5 Å². The Balaban J connectivity index is 2.40. The van der Waals surface area contributed by atoms with Gasteiger partial charge in [0.25, 0.3) is 0 Å². The van der Waals surface area contributed by atoms with Gasteiger partial charge >= 0.3 is 0 Å². The second-order valence-corrected chi connectivity index (χ2v) is 5.17. The number of para-hydroxylation sites is 1. The highest BCUT2D eigenvalue weighted by molar-refractivity contribution is 5.46. The van der Waals surface area contributed by atoms with Gasteiger partial charge in [-0.15, -0.1) is 0 Å². The minimum absolute atomic E-state index is 0.109. The van der Waals surface area contributed by atoms with Gasteiger partial charge in [0.2, 0.25) is 0 Å². The number of aryl methyl sites for hydroxylation is 1. The summed E-state index contributed by atoms with van der Waals surface area (Å²) in [6, 6.07) is 6.50. The van der Waals surface area contributed by atoms with Gasteiger partial charge in [0.1, 0.15) is 5.75 Å². The molecule has 16 heavy (non-hydrogen) atoms. The maximum atomic E-state index is 5.85. The Labute approximate surface area is 97.8 Å². The molecule has 0 aromatic heterocycles. The van der Waals surface area contributed by atoms with Crippen LogP contribution in [0, 0.1) is 0 Å². The smallest absolute Gasteiger partial charge is 0.126 e. The molecular weight excluding hydrogens is 198 g/mol. The summed E-state index contributed by atoms with van der Waals surface area (Å²) in [5.41, 5.74) is 8.47. The molecule has 1 aliphatic rings. The Morgan fingerprint density at radius 1 is 1.38 bits per heavy atom. The molecule has 2 rings (SSSR count). The molecule has 1 aromatic rings. The lowest BCUT2D eigenvalue weighted by molar-refractivity contribution is 0.278. The van der Waals surface area contributed by atoms with Crippen molar-refractivity contribution in [1.82, 2.24) is 0 Å². The summed E-state index contributed by atoms with van der Waals surface area (Å²) in [7, 11) is 0. The summed E-state index contributed by atoms with van der Waals surface area (Å²) in [6.07, 6.45) is 3.27. The van der Waals surface area contributed by atoms with E-state index in [-0.39, 0.29) is 5.41 Å². The van der Waals surface area contributed by atoms with Gasteiger partial charge in [-0.25, -0.2) is 0 Å². The van der Waals surface area contributed by atoms with Crippen molar-refractivity contribution in [3.63, 3.8) is 0 Å². The molecular formula is C14H21NO. The summed E-state index contributed by atoms with van der Waals surface area (Å²) in [5, 5.41) is 0. The highest BCUT2D eigenvalue weighted by atomic mass is 16.5. The fourth-order valence-corrected chi connectivity index (χ4v) is 2.42. The predicted octanol–water partition coefficient (Wildman–Crippen LogP) is 2.64. The van der Waals surface area contributed by atoms with E-state index in [0.717, 1.165) is 38.2 Å². The minimum atomic E-state index is 0.109. The Hall–Kier alpha value is -1.02. The van der Waals surface area contributed by atoms with Gasteiger partial charge in [-0.3, -0.25) is 0 Å². The molecule has 0 spiro atoms. The Kier molecular flexibility index (Phi) is 3.20. The average Bonchev–Trinajstić information content (AvgIpc) is 2.28. The number of nitrogens with two attached hydrogens (primary N) is 1. The fourth-order valence-electron chi connectivity index (χ4n) is 2.42. The molecule has 0 atom stereocenters. The van der Waals surface area contributed by atoms with E-state index < -0.39 is 0 Å². The monoisotopic (exact) mass is 219 g/mol. The molecule has 0 amide bonds. The van der Waals surface area contributed by atoms with Crippen LogP contribution in [-0.4, -0.2) is 13.2 Å². The zero-order valence-corrected chi connectivity index (χ0v) is 10.3. The lowest BCUT2D eigenvalue weighted by Gasteiger charge is -2.30. The summed E-state index contributed by atoms with van der Waals surface area (Å²) in [5.74, 6) is 1.12. The predicted molar refractivity (Wildman–Crippen MR) is 67.0 cm³/mol. The number of rotatable bonds is 3. The largest absolute Gasteiger partial charge is 0.493 e. The first-order chi connectivity index (χ1) is 7.65. The SMILES string of the molecule is CC(C)(CCN)c1cccc2c1OCCC2. The molecule has 0 bridgehead atoms. The Morgan fingerprint density at radius 3 is 2.94 bits per heavy atom. The Bertz CT molecular complexity index is 371. The summed E-state index contributed by atoms with van der Waals surface area (Å²) in [4.78, 5) is 0. The molecule has 2 N–H and O–H groups in total. The van der Waals surface area contributed by atoms with Gasteiger partial charge < -0.3 is 10.5 Å². The van der Waals surface area contributed by atoms with Crippen LogP contribution in [0.5, 0.6) is 5.75 Å². The summed E-state index contributed by atoms with van der Waals surface area (Å²) in [6.45, 7) is 6.06. The van der Waals surface area contributed by atoms with Gasteiger partial charge in [-0.05, 0) is 36.8 Å². The quantitative estimate of drug-likeness (QED) is 0.848. The average molecular weight is 219 g/mol. The van der Waals surface area contributed by atoms with Crippen LogP contribution in [0.4, 0.5) is 0 Å². The van der Waals surface area contributed by atoms with Crippen molar-refractivity contribution in [2.45, 2.75) is 38.5 Å². The van der Waals surface area contributed by atoms with Crippen LogP contribution in [0.25, 0.3) is 0 Å². The van der Waals surface area contributed by atoms with Gasteiger partial charge in [0, 0.05) is 5.56 Å². The van der Waals surface area contributed by atoms with Crippen molar-refractivity contribution in [3.05, 3.63) is 29.3 Å². The third kappa shape index (κ3) is 2.07. The van der Waals surface area contributed by atoms with Crippen LogP contribution in [0.15, 0.2) is 18.2 Å². The van der Waals surface area contributed by atoms with Crippen LogP contribution >= 0.6 is 0 Å². The van der Waals surface area contributed by atoms with E-state index in [1.165, 1.54) is 11.1 Å². The maximum Gasteiger partial charge on any atom is 0.126 e. The first-order valence-electron chi connectivity index (χ1n) is 6.10. The van der Waals surface area contributed by atoms with E-state index in [2.05, 4.69) is 32.0 Å². The van der Waals surface area contributed by atoms with E-state index in [1.54, 1.807) is 0 Å². The summed E-state index contributed by atoms with van der Waals surface area (Å²) < 4.78 is 5.85. The summed E-state index contributed by atoms with van der Waals surface area (Å²) >= 11 is 0. The third-order valence-electron chi connectivity index (χ3n) is 3.43. The van der Waals surface area contributed by atoms with Crippen LogP contribution in [-0.2, 0) is 11.8 Å². The van der Waals surface area contributed by atoms with E-state index in [9.17, 15) is 0 Å². The number of benzene rings is 1. The number of hydrogen-bond acceptors (Lipinski definition) is 2. The second kappa shape index (κ2) is 4.46. The molecule has 0 aliphatic carbocycles.